The minimum atomic E-state index is -4.44. The zero-order valence-electron chi connectivity index (χ0n) is 22.1. The van der Waals surface area contributed by atoms with Crippen LogP contribution in [0.3, 0.4) is 0 Å². The van der Waals surface area contributed by atoms with Gasteiger partial charge in [0.25, 0.3) is 0 Å². The van der Waals surface area contributed by atoms with E-state index in [-0.39, 0.29) is 12.1 Å². The molecule has 0 saturated carbocycles. The van der Waals surface area contributed by atoms with Gasteiger partial charge in [-0.05, 0) is 71.2 Å². The summed E-state index contributed by atoms with van der Waals surface area (Å²) in [7, 11) is 0. The van der Waals surface area contributed by atoms with Crippen LogP contribution in [-0.4, -0.2) is 23.7 Å². The van der Waals surface area contributed by atoms with Gasteiger partial charge in [0, 0.05) is 11.1 Å². The van der Waals surface area contributed by atoms with Crippen LogP contribution in [-0.2, 0) is 24.0 Å². The number of rotatable bonds is 11. The number of aromatic nitrogens is 1. The van der Waals surface area contributed by atoms with E-state index in [1.165, 1.54) is 29.7 Å². The Labute approximate surface area is 247 Å². The molecule has 4 aromatic rings. The second-order valence-corrected chi connectivity index (χ2v) is 10.6. The number of hydrogen-bond acceptors (Lipinski definition) is 7. The highest BCUT2D eigenvalue weighted by molar-refractivity contribution is 9.10. The average Bonchev–Trinajstić information content (AvgIpc) is 3.34. The number of carbonyl (C=O) groups excluding carboxylic acids is 1. The van der Waals surface area contributed by atoms with E-state index in [4.69, 9.17) is 9.47 Å². The molecule has 1 aromatic heterocycles. The summed E-state index contributed by atoms with van der Waals surface area (Å²) >= 11 is 4.72. The fourth-order valence-electron chi connectivity index (χ4n) is 3.75. The predicted octanol–water partition coefficient (Wildman–Crippen LogP) is 7.65. The number of hydrazone groups is 1. The van der Waals surface area contributed by atoms with Crippen molar-refractivity contribution in [2.24, 2.45) is 5.10 Å². The molecule has 0 aliphatic rings. The van der Waals surface area contributed by atoms with E-state index in [1.54, 1.807) is 17.5 Å². The Hall–Kier alpha value is -3.90. The number of carbonyl (C=O) groups is 1. The van der Waals surface area contributed by atoms with Crippen LogP contribution in [0.4, 0.5) is 24.0 Å². The number of nitrogens with one attached hydrogen (secondary N) is 2. The number of halogens is 4. The van der Waals surface area contributed by atoms with Crippen LogP contribution in [0.2, 0.25) is 0 Å². The molecule has 0 fully saturated rings. The van der Waals surface area contributed by atoms with E-state index in [9.17, 15) is 18.0 Å². The third kappa shape index (κ3) is 8.79. The lowest BCUT2D eigenvalue weighted by Crippen LogP contribution is -2.20. The normalized spacial score (nSPS) is 11.5. The number of ether oxygens (including phenoxy) is 2. The van der Waals surface area contributed by atoms with Crippen LogP contribution >= 0.6 is 27.3 Å². The minimum Gasteiger partial charge on any atom is -0.490 e. The van der Waals surface area contributed by atoms with Crippen molar-refractivity contribution in [1.29, 1.82) is 0 Å². The van der Waals surface area contributed by atoms with Crippen LogP contribution in [0.25, 0.3) is 0 Å². The Morgan fingerprint density at radius 1 is 1.12 bits per heavy atom. The molecule has 0 aliphatic heterocycles. The highest BCUT2D eigenvalue weighted by Gasteiger charge is 2.30. The average molecular weight is 648 g/mol. The zero-order valence-corrected chi connectivity index (χ0v) is 24.5. The van der Waals surface area contributed by atoms with Gasteiger partial charge in [0.05, 0.1) is 35.0 Å². The summed E-state index contributed by atoms with van der Waals surface area (Å²) in [6.07, 6.45) is -3.02. The fraction of sp³-hybridized carbons (Fsp3) is 0.207. The van der Waals surface area contributed by atoms with Gasteiger partial charge in [-0.15, -0.1) is 11.3 Å². The Balaban J connectivity index is 1.34. The van der Waals surface area contributed by atoms with Gasteiger partial charge in [0.15, 0.2) is 16.6 Å². The second-order valence-electron chi connectivity index (χ2n) is 8.86. The molecule has 0 unspecified atom stereocenters. The lowest BCUT2D eigenvalue weighted by atomic mass is 10.1. The lowest BCUT2D eigenvalue weighted by molar-refractivity contribution is -0.137. The van der Waals surface area contributed by atoms with Gasteiger partial charge in [0.1, 0.15) is 6.61 Å². The molecule has 4 rings (SSSR count). The molecular formula is C29H26BrF3N4O3S. The van der Waals surface area contributed by atoms with E-state index in [2.05, 4.69) is 42.8 Å². The molecule has 0 atom stereocenters. The van der Waals surface area contributed by atoms with Crippen molar-refractivity contribution < 1.29 is 27.4 Å². The summed E-state index contributed by atoms with van der Waals surface area (Å²) < 4.78 is 51.3. The monoisotopic (exact) mass is 646 g/mol. The van der Waals surface area contributed by atoms with Gasteiger partial charge < -0.3 is 14.8 Å². The first-order valence-electron chi connectivity index (χ1n) is 12.5. The van der Waals surface area contributed by atoms with Crippen molar-refractivity contribution in [3.63, 3.8) is 0 Å². The molecule has 0 saturated heterocycles. The summed E-state index contributed by atoms with van der Waals surface area (Å²) in [6, 6.07) is 16.4. The van der Waals surface area contributed by atoms with Gasteiger partial charge >= 0.3 is 6.18 Å². The van der Waals surface area contributed by atoms with E-state index < -0.39 is 17.6 Å². The first kappa shape index (κ1) is 30.1. The smallest absolute Gasteiger partial charge is 0.416 e. The number of hydrogen-bond donors (Lipinski definition) is 2. The first-order valence-corrected chi connectivity index (χ1v) is 14.1. The summed E-state index contributed by atoms with van der Waals surface area (Å²) in [5, 5.41) is 8.89. The summed E-state index contributed by atoms with van der Waals surface area (Å²) in [5.41, 5.74) is 5.25. The molecule has 41 heavy (non-hydrogen) atoms. The number of amides is 1. The van der Waals surface area contributed by atoms with Crippen LogP contribution in [0.5, 0.6) is 11.5 Å². The maximum atomic E-state index is 12.9. The highest BCUT2D eigenvalue weighted by atomic mass is 79.9. The number of benzene rings is 3. The number of anilines is 2. The molecule has 1 heterocycles. The molecule has 3 aromatic carbocycles. The SMILES string of the molecule is CCOc1cc(/C=N\NC(=O)Cc2csc(Nc3cccc(C(F)(F)F)c3)n2)cc(Br)c1OCc1cccc(C)c1. The fourth-order valence-corrected chi connectivity index (χ4v) is 5.05. The minimum absolute atomic E-state index is 0.0578. The molecular weight excluding hydrogens is 621 g/mol. The Morgan fingerprint density at radius 3 is 2.68 bits per heavy atom. The van der Waals surface area contributed by atoms with Crippen LogP contribution in [0, 0.1) is 6.92 Å². The van der Waals surface area contributed by atoms with Crippen LogP contribution < -0.4 is 20.2 Å². The van der Waals surface area contributed by atoms with Gasteiger partial charge in [-0.1, -0.05) is 35.9 Å². The molecule has 0 aliphatic carbocycles. The Morgan fingerprint density at radius 2 is 1.93 bits per heavy atom. The molecule has 0 radical (unpaired) electrons. The maximum Gasteiger partial charge on any atom is 0.416 e. The molecule has 12 heteroatoms. The van der Waals surface area contributed by atoms with Crippen molar-refractivity contribution in [1.82, 2.24) is 10.4 Å². The third-order valence-electron chi connectivity index (χ3n) is 5.53. The topological polar surface area (TPSA) is 84.8 Å². The largest absolute Gasteiger partial charge is 0.490 e. The van der Waals surface area contributed by atoms with Crippen LogP contribution in [0.1, 0.15) is 34.9 Å². The first-order chi connectivity index (χ1) is 19.6. The highest BCUT2D eigenvalue weighted by Crippen LogP contribution is 2.37. The summed E-state index contributed by atoms with van der Waals surface area (Å²) in [6.45, 7) is 4.70. The molecule has 2 N–H and O–H groups in total. The number of nitrogens with zero attached hydrogens (tertiary/aromatic N) is 2. The third-order valence-corrected chi connectivity index (χ3v) is 6.93. The van der Waals surface area contributed by atoms with E-state index in [1.807, 2.05) is 32.0 Å². The van der Waals surface area contributed by atoms with Crippen molar-refractivity contribution in [3.05, 3.63) is 98.5 Å². The molecule has 214 valence electrons. The Kier molecular flexibility index (Phi) is 10.0. The Bertz CT molecular complexity index is 1540. The van der Waals surface area contributed by atoms with Crippen LogP contribution in [0.15, 0.2) is 75.6 Å². The molecule has 7 nitrogen and oxygen atoms in total. The van der Waals surface area contributed by atoms with Gasteiger partial charge in [-0.3, -0.25) is 4.79 Å². The van der Waals surface area contributed by atoms with Gasteiger partial charge in [0.2, 0.25) is 5.91 Å². The number of aryl methyl sites for hydroxylation is 1. The summed E-state index contributed by atoms with van der Waals surface area (Å²) in [4.78, 5) is 16.7. The second kappa shape index (κ2) is 13.6. The quantitative estimate of drug-likeness (QED) is 0.129. The van der Waals surface area contributed by atoms with Crippen molar-refractivity contribution in [2.45, 2.75) is 33.1 Å². The molecule has 0 bridgehead atoms. The van der Waals surface area contributed by atoms with Crippen molar-refractivity contribution >= 4 is 50.2 Å². The standard InChI is InChI=1S/C29H26BrF3N4O3S/c1-3-39-25-12-20(11-24(30)27(25)40-16-19-7-4-6-18(2)10-19)15-34-37-26(38)14-23-17-41-28(36-23)35-22-9-5-8-21(13-22)29(31,32)33/h4-13,15,17H,3,14,16H2,1-2H3,(H,35,36)(H,37,38)/b34-15-. The number of alkyl halides is 3. The van der Waals surface area contributed by atoms with Gasteiger partial charge in [-0.2, -0.15) is 18.3 Å². The zero-order chi connectivity index (χ0) is 29.4. The summed E-state index contributed by atoms with van der Waals surface area (Å²) in [5.74, 6) is 0.692. The van der Waals surface area contributed by atoms with Crippen molar-refractivity contribution in [2.75, 3.05) is 11.9 Å². The lowest BCUT2D eigenvalue weighted by Gasteiger charge is -2.15. The van der Waals surface area contributed by atoms with Gasteiger partial charge in [-0.25, -0.2) is 10.4 Å². The van der Waals surface area contributed by atoms with E-state index in [0.717, 1.165) is 23.3 Å². The predicted molar refractivity (Wildman–Crippen MR) is 157 cm³/mol. The maximum absolute atomic E-state index is 12.9. The molecule has 0 spiro atoms. The number of thiazole rings is 1. The van der Waals surface area contributed by atoms with E-state index in [0.29, 0.717) is 45.6 Å². The van der Waals surface area contributed by atoms with E-state index >= 15 is 0 Å². The molecule has 1 amide bonds. The van der Waals surface area contributed by atoms with Crippen molar-refractivity contribution in [3.8, 4) is 11.5 Å².